The first-order valence-electron chi connectivity index (χ1n) is 10.1. The van der Waals surface area contributed by atoms with Gasteiger partial charge in [0, 0.05) is 30.1 Å². The van der Waals surface area contributed by atoms with Crippen LogP contribution in [0.2, 0.25) is 5.02 Å². The zero-order valence-electron chi connectivity index (χ0n) is 16.3. The van der Waals surface area contributed by atoms with E-state index in [1.54, 1.807) is 13.2 Å². The molecule has 1 saturated carbocycles. The zero-order valence-corrected chi connectivity index (χ0v) is 17.0. The lowest BCUT2D eigenvalue weighted by molar-refractivity contribution is -0.126. The summed E-state index contributed by atoms with van der Waals surface area (Å²) in [5.74, 6) is 0.802. The van der Waals surface area contributed by atoms with Gasteiger partial charge in [0.2, 0.25) is 0 Å². The van der Waals surface area contributed by atoms with Gasteiger partial charge in [0.1, 0.15) is 0 Å². The number of fused-ring (bicyclic) bond motifs is 1. The minimum absolute atomic E-state index is 0.0872. The molecule has 1 aliphatic heterocycles. The Kier molecular flexibility index (Phi) is 5.55. The largest absolute Gasteiger partial charge is 0.504 e. The number of hydrogen-bond donors (Lipinski definition) is 2. The highest BCUT2D eigenvalue weighted by molar-refractivity contribution is 6.30. The number of methoxy groups -OCH3 is 1. The fourth-order valence-electron chi connectivity index (χ4n) is 5.07. The van der Waals surface area contributed by atoms with Gasteiger partial charge in [-0.15, -0.1) is 0 Å². The number of rotatable bonds is 4. The number of aromatic hydroxyl groups is 1. The van der Waals surface area contributed by atoms with E-state index >= 15 is 0 Å². The van der Waals surface area contributed by atoms with Crippen LogP contribution < -0.4 is 4.74 Å². The molecule has 3 atom stereocenters. The van der Waals surface area contributed by atoms with Gasteiger partial charge in [-0.05, 0) is 54.7 Å². The number of hydrogen-bond acceptors (Lipinski definition) is 4. The third-order valence-electron chi connectivity index (χ3n) is 6.52. The maximum Gasteiger partial charge on any atom is 0.160 e. The van der Waals surface area contributed by atoms with E-state index in [0.717, 1.165) is 55.8 Å². The number of phenolic OH excluding ortho intramolecular Hbond substituents is 1. The van der Waals surface area contributed by atoms with E-state index in [2.05, 4.69) is 17.0 Å². The summed E-state index contributed by atoms with van der Waals surface area (Å²) in [6, 6.07) is 13.7. The van der Waals surface area contributed by atoms with Gasteiger partial charge in [0.15, 0.2) is 11.5 Å². The maximum atomic E-state index is 11.4. The Labute approximate surface area is 171 Å². The third-order valence-corrected chi connectivity index (χ3v) is 6.77. The number of ether oxygens (including phenoxy) is 1. The highest BCUT2D eigenvalue weighted by Crippen LogP contribution is 2.50. The van der Waals surface area contributed by atoms with Crippen molar-refractivity contribution in [2.24, 2.45) is 5.92 Å². The highest BCUT2D eigenvalue weighted by atomic mass is 35.5. The van der Waals surface area contributed by atoms with Crippen molar-refractivity contribution in [3.05, 3.63) is 58.6 Å². The zero-order chi connectivity index (χ0) is 19.7. The fraction of sp³-hybridized carbons (Fsp3) is 0.478. The maximum absolute atomic E-state index is 11.4. The number of phenols is 1. The Bertz CT molecular complexity index is 825. The summed E-state index contributed by atoms with van der Waals surface area (Å²) in [4.78, 5) is 2.46. The summed E-state index contributed by atoms with van der Waals surface area (Å²) >= 11 is 6.05. The monoisotopic (exact) mass is 401 g/mol. The number of piperidine rings is 1. The van der Waals surface area contributed by atoms with Crippen molar-refractivity contribution in [3.8, 4) is 11.5 Å². The van der Waals surface area contributed by atoms with Crippen LogP contribution in [0.5, 0.6) is 11.5 Å². The topological polar surface area (TPSA) is 52.9 Å². The number of halogens is 1. The molecule has 2 aliphatic rings. The lowest BCUT2D eigenvalue weighted by Crippen LogP contribution is -2.54. The normalized spacial score (nSPS) is 28.0. The Morgan fingerprint density at radius 3 is 2.68 bits per heavy atom. The molecule has 0 unspecified atom stereocenters. The summed E-state index contributed by atoms with van der Waals surface area (Å²) in [6.07, 6.45) is 4.93. The molecule has 4 rings (SSSR count). The van der Waals surface area contributed by atoms with Crippen LogP contribution in [0.3, 0.4) is 0 Å². The standard InChI is InChI=1S/C23H28ClNO3/c1-28-21-14-17(7-10-20(21)26)22-19-4-2-3-11-23(19,27)12-13-25(22)15-16-5-8-18(24)9-6-16/h5-10,14,19,22,26-27H,2-4,11-13,15H2,1H3/t19-,22-,23-/m1/s1. The van der Waals surface area contributed by atoms with Crippen LogP contribution >= 0.6 is 11.6 Å². The third kappa shape index (κ3) is 3.73. The molecular formula is C23H28ClNO3. The second kappa shape index (κ2) is 7.94. The second-order valence-corrected chi connectivity index (χ2v) is 8.62. The summed E-state index contributed by atoms with van der Waals surface area (Å²) < 4.78 is 5.36. The Balaban J connectivity index is 1.70. The van der Waals surface area contributed by atoms with E-state index in [-0.39, 0.29) is 17.7 Å². The number of aliphatic hydroxyl groups is 1. The van der Waals surface area contributed by atoms with E-state index in [0.29, 0.717) is 5.75 Å². The summed E-state index contributed by atoms with van der Waals surface area (Å²) in [5.41, 5.74) is 1.69. The molecule has 5 heteroatoms. The quantitative estimate of drug-likeness (QED) is 0.763. The molecule has 2 fully saturated rings. The average molecular weight is 402 g/mol. The van der Waals surface area contributed by atoms with Gasteiger partial charge in [-0.3, -0.25) is 4.90 Å². The molecular weight excluding hydrogens is 374 g/mol. The highest BCUT2D eigenvalue weighted by Gasteiger charge is 2.48. The van der Waals surface area contributed by atoms with Gasteiger partial charge in [-0.2, -0.15) is 0 Å². The number of nitrogens with zero attached hydrogens (tertiary/aromatic N) is 1. The predicted octanol–water partition coefficient (Wildman–Crippen LogP) is 4.92. The van der Waals surface area contributed by atoms with Gasteiger partial charge >= 0.3 is 0 Å². The van der Waals surface area contributed by atoms with Crippen molar-refractivity contribution < 1.29 is 14.9 Å². The molecule has 0 radical (unpaired) electrons. The molecule has 0 aromatic heterocycles. The summed E-state index contributed by atoms with van der Waals surface area (Å²) in [5, 5.41) is 22.2. The molecule has 150 valence electrons. The van der Waals surface area contributed by atoms with Gasteiger partial charge in [0.25, 0.3) is 0 Å². The van der Waals surface area contributed by atoms with Gasteiger partial charge in [-0.25, -0.2) is 0 Å². The predicted molar refractivity (Wildman–Crippen MR) is 111 cm³/mol. The summed E-state index contributed by atoms with van der Waals surface area (Å²) in [6.45, 7) is 1.64. The van der Waals surface area contributed by atoms with Crippen LogP contribution in [0, 0.1) is 5.92 Å². The molecule has 4 nitrogen and oxygen atoms in total. The molecule has 28 heavy (non-hydrogen) atoms. The van der Waals surface area contributed by atoms with Crippen molar-refractivity contribution in [2.75, 3.05) is 13.7 Å². The van der Waals surface area contributed by atoms with E-state index in [1.807, 2.05) is 24.3 Å². The number of likely N-dealkylation sites (tertiary alicyclic amines) is 1. The van der Waals surface area contributed by atoms with Crippen LogP contribution in [0.4, 0.5) is 0 Å². The SMILES string of the molecule is COc1cc([C@@H]2[C@H]3CCCC[C@@]3(O)CCN2Cc2ccc(Cl)cc2)ccc1O. The Morgan fingerprint density at radius 2 is 1.93 bits per heavy atom. The lowest BCUT2D eigenvalue weighted by Gasteiger charge is -2.53. The minimum atomic E-state index is -0.607. The second-order valence-electron chi connectivity index (χ2n) is 8.18. The smallest absolute Gasteiger partial charge is 0.160 e. The molecule has 0 amide bonds. The van der Waals surface area contributed by atoms with Crippen LogP contribution in [0.1, 0.15) is 49.3 Å². The Hall–Kier alpha value is -1.75. The molecule has 2 aromatic carbocycles. The first-order valence-corrected chi connectivity index (χ1v) is 10.5. The molecule has 1 aliphatic carbocycles. The van der Waals surface area contributed by atoms with E-state index in [9.17, 15) is 10.2 Å². The molecule has 1 saturated heterocycles. The molecule has 0 bridgehead atoms. The van der Waals surface area contributed by atoms with Crippen molar-refractivity contribution in [2.45, 2.75) is 50.3 Å². The first-order chi connectivity index (χ1) is 13.5. The Morgan fingerprint density at radius 1 is 1.14 bits per heavy atom. The van der Waals surface area contributed by atoms with Crippen molar-refractivity contribution >= 4 is 11.6 Å². The van der Waals surface area contributed by atoms with Crippen LogP contribution in [0.15, 0.2) is 42.5 Å². The summed E-state index contributed by atoms with van der Waals surface area (Å²) in [7, 11) is 1.57. The van der Waals surface area contributed by atoms with Gasteiger partial charge < -0.3 is 14.9 Å². The van der Waals surface area contributed by atoms with Crippen molar-refractivity contribution in [1.29, 1.82) is 0 Å². The van der Waals surface area contributed by atoms with Crippen molar-refractivity contribution in [3.63, 3.8) is 0 Å². The molecule has 1 heterocycles. The van der Waals surface area contributed by atoms with E-state index in [4.69, 9.17) is 16.3 Å². The van der Waals surface area contributed by atoms with Crippen LogP contribution in [0.25, 0.3) is 0 Å². The van der Waals surface area contributed by atoms with Crippen LogP contribution in [-0.4, -0.2) is 34.4 Å². The van der Waals surface area contributed by atoms with Gasteiger partial charge in [0.05, 0.1) is 12.7 Å². The first kappa shape index (κ1) is 19.6. The minimum Gasteiger partial charge on any atom is -0.504 e. The fourth-order valence-corrected chi connectivity index (χ4v) is 5.19. The van der Waals surface area contributed by atoms with Gasteiger partial charge in [-0.1, -0.05) is 42.6 Å². The molecule has 2 N–H and O–H groups in total. The average Bonchev–Trinajstić information content (AvgIpc) is 2.70. The molecule has 0 spiro atoms. The van der Waals surface area contributed by atoms with E-state index in [1.165, 1.54) is 5.56 Å². The molecule has 2 aromatic rings. The van der Waals surface area contributed by atoms with Crippen LogP contribution in [-0.2, 0) is 6.54 Å². The number of benzene rings is 2. The van der Waals surface area contributed by atoms with Crippen molar-refractivity contribution in [1.82, 2.24) is 4.90 Å². The lowest BCUT2D eigenvalue weighted by atomic mass is 9.66. The van der Waals surface area contributed by atoms with E-state index < -0.39 is 5.60 Å².